The first-order valence-corrected chi connectivity index (χ1v) is 15.1. The van der Waals surface area contributed by atoms with Crippen molar-refractivity contribution in [2.75, 3.05) is 20.2 Å². The lowest BCUT2D eigenvalue weighted by atomic mass is 10.0. The summed E-state index contributed by atoms with van der Waals surface area (Å²) in [5.41, 5.74) is 6.64. The summed E-state index contributed by atoms with van der Waals surface area (Å²) in [5, 5.41) is 15.6. The zero-order chi connectivity index (χ0) is 28.7. The van der Waals surface area contributed by atoms with Gasteiger partial charge in [0.15, 0.2) is 6.23 Å². The number of ether oxygens (including phenoxy) is 2. The maximum absolute atomic E-state index is 6.96. The monoisotopic (exact) mass is 677 g/mol. The van der Waals surface area contributed by atoms with Crippen LogP contribution in [0.15, 0.2) is 18.7 Å². The van der Waals surface area contributed by atoms with Gasteiger partial charge in [0.2, 0.25) is 5.88 Å². The first kappa shape index (κ1) is 29.1. The lowest BCUT2D eigenvalue weighted by molar-refractivity contribution is -0.0367. The normalized spacial score (nSPS) is 16.7. The molecule has 0 bridgehead atoms. The van der Waals surface area contributed by atoms with Crippen molar-refractivity contribution in [1.82, 2.24) is 34.2 Å². The van der Waals surface area contributed by atoms with Gasteiger partial charge >= 0.3 is 0 Å². The van der Waals surface area contributed by atoms with Crippen LogP contribution in [-0.4, -0.2) is 60.5 Å². The molecule has 0 spiro atoms. The lowest BCUT2D eigenvalue weighted by Gasteiger charge is -2.24. The second-order valence-corrected chi connectivity index (χ2v) is 12.2. The number of hydrogen-bond donors (Lipinski definition) is 0. The van der Waals surface area contributed by atoms with Crippen LogP contribution in [0.1, 0.15) is 55.2 Å². The van der Waals surface area contributed by atoms with Gasteiger partial charge in [0.05, 0.1) is 42.4 Å². The highest BCUT2D eigenvalue weighted by Gasteiger charge is 2.25. The smallest absolute Gasteiger partial charge is 0.220 e. The molecule has 0 saturated carbocycles. The fraction of sp³-hybridized carbons (Fsp3) is 0.483. The fourth-order valence-corrected chi connectivity index (χ4v) is 6.54. The van der Waals surface area contributed by atoms with Crippen LogP contribution >= 0.6 is 34.2 Å². The van der Waals surface area contributed by atoms with E-state index in [1.165, 1.54) is 9.26 Å². The quantitative estimate of drug-likeness (QED) is 0.194. The Balaban J connectivity index is 1.43. The second-order valence-electron chi connectivity index (χ2n) is 10.7. The molecule has 11 heteroatoms. The number of halogens is 2. The first-order chi connectivity index (χ1) is 19.1. The minimum Gasteiger partial charge on any atom is -0.473 e. The molecule has 1 fully saturated rings. The van der Waals surface area contributed by atoms with E-state index in [1.807, 2.05) is 43.4 Å². The first-order valence-electron chi connectivity index (χ1n) is 13.6. The number of hydrogen-bond acceptors (Lipinski definition) is 6. The van der Waals surface area contributed by atoms with Crippen LogP contribution in [0, 0.1) is 17.4 Å². The molecule has 0 aliphatic carbocycles. The van der Waals surface area contributed by atoms with Crippen molar-refractivity contribution in [3.8, 4) is 17.0 Å². The van der Waals surface area contributed by atoms with E-state index >= 15 is 0 Å². The number of nitrogens with zero attached hydrogens (tertiary/aromatic N) is 7. The molecule has 1 saturated heterocycles. The largest absolute Gasteiger partial charge is 0.473 e. The van der Waals surface area contributed by atoms with Crippen molar-refractivity contribution in [2.45, 2.75) is 58.9 Å². The van der Waals surface area contributed by atoms with Gasteiger partial charge in [0.1, 0.15) is 6.10 Å². The van der Waals surface area contributed by atoms with Crippen molar-refractivity contribution in [3.05, 3.63) is 50.1 Å². The van der Waals surface area contributed by atoms with Crippen molar-refractivity contribution in [1.29, 1.82) is 0 Å². The standard InChI is InChI=1S/C29H37ClIN7O2/c1-8-23-21-13-20(14-22(30)28(21)38(34-23)25-11-9-10-12-39-25)26-18(3)32-37(7)29(26)40-17(2)15-35(5)16-24-27(31)19(4)33-36(24)6/h8,13-14,17,25H,1,9-12,15-16H2,2-7H3/t17-,25?/m0/s1. The Bertz CT molecular complexity index is 1550. The highest BCUT2D eigenvalue weighted by Crippen LogP contribution is 2.40. The van der Waals surface area contributed by atoms with Crippen molar-refractivity contribution in [3.63, 3.8) is 0 Å². The van der Waals surface area contributed by atoms with Gasteiger partial charge in [0, 0.05) is 39.2 Å². The Kier molecular flexibility index (Phi) is 8.61. The van der Waals surface area contributed by atoms with E-state index < -0.39 is 0 Å². The lowest BCUT2D eigenvalue weighted by Crippen LogP contribution is -2.32. The van der Waals surface area contributed by atoms with Gasteiger partial charge < -0.3 is 9.47 Å². The van der Waals surface area contributed by atoms with E-state index in [2.05, 4.69) is 59.2 Å². The van der Waals surface area contributed by atoms with Gasteiger partial charge in [-0.2, -0.15) is 15.3 Å². The van der Waals surface area contributed by atoms with Crippen LogP contribution in [0.4, 0.5) is 0 Å². The summed E-state index contributed by atoms with van der Waals surface area (Å²) >= 11 is 9.34. The molecule has 4 heterocycles. The van der Waals surface area contributed by atoms with Gasteiger partial charge in [-0.25, -0.2) is 9.36 Å². The van der Waals surface area contributed by atoms with Crippen LogP contribution in [0.5, 0.6) is 5.88 Å². The maximum atomic E-state index is 6.96. The molecule has 5 rings (SSSR count). The van der Waals surface area contributed by atoms with Crippen molar-refractivity contribution in [2.24, 2.45) is 14.1 Å². The molecule has 2 atom stereocenters. The molecular formula is C29H37ClIN7O2. The fourth-order valence-electron chi connectivity index (χ4n) is 5.61. The van der Waals surface area contributed by atoms with Gasteiger partial charge in [-0.05, 0) is 93.4 Å². The average Bonchev–Trinajstić information content (AvgIpc) is 3.51. The van der Waals surface area contributed by atoms with Gasteiger partial charge in [0.25, 0.3) is 0 Å². The molecule has 1 aliphatic rings. The third kappa shape index (κ3) is 5.55. The third-order valence-corrected chi connectivity index (χ3v) is 9.12. The van der Waals surface area contributed by atoms with Gasteiger partial charge in [-0.3, -0.25) is 9.58 Å². The molecule has 1 aliphatic heterocycles. The van der Waals surface area contributed by atoms with Gasteiger partial charge in [-0.1, -0.05) is 18.2 Å². The van der Waals surface area contributed by atoms with E-state index in [0.717, 1.165) is 78.1 Å². The topological polar surface area (TPSA) is 75.2 Å². The van der Waals surface area contributed by atoms with Crippen molar-refractivity contribution < 1.29 is 9.47 Å². The van der Waals surface area contributed by atoms with Gasteiger partial charge in [-0.15, -0.1) is 0 Å². The molecule has 3 aromatic heterocycles. The molecule has 40 heavy (non-hydrogen) atoms. The number of rotatable bonds is 9. The van der Waals surface area contributed by atoms with E-state index in [4.69, 9.17) is 31.3 Å². The number of aromatic nitrogens is 6. The number of likely N-dealkylation sites (N-methyl/N-ethyl adjacent to an activating group) is 1. The second kappa shape index (κ2) is 11.8. The van der Waals surface area contributed by atoms with Crippen LogP contribution in [0.2, 0.25) is 5.02 Å². The maximum Gasteiger partial charge on any atom is 0.220 e. The number of benzene rings is 1. The Morgan fingerprint density at radius 2 is 1.95 bits per heavy atom. The molecule has 1 unspecified atom stereocenters. The summed E-state index contributed by atoms with van der Waals surface area (Å²) in [6.07, 6.45) is 4.66. The van der Waals surface area contributed by atoms with Crippen LogP contribution in [0.25, 0.3) is 28.1 Å². The Morgan fingerprint density at radius 3 is 2.60 bits per heavy atom. The molecule has 214 valence electrons. The minimum absolute atomic E-state index is 0.0836. The van der Waals surface area contributed by atoms with Crippen molar-refractivity contribution >= 4 is 51.2 Å². The van der Waals surface area contributed by atoms with Crippen LogP contribution < -0.4 is 4.74 Å². The number of fused-ring (bicyclic) bond motifs is 1. The van der Waals surface area contributed by atoms with E-state index in [9.17, 15) is 0 Å². The Morgan fingerprint density at radius 1 is 1.20 bits per heavy atom. The summed E-state index contributed by atoms with van der Waals surface area (Å²) in [6.45, 7) is 12.4. The summed E-state index contributed by atoms with van der Waals surface area (Å²) in [5.74, 6) is 0.711. The summed E-state index contributed by atoms with van der Waals surface area (Å²) in [4.78, 5) is 2.26. The predicted molar refractivity (Wildman–Crippen MR) is 168 cm³/mol. The molecule has 0 radical (unpaired) electrons. The Hall–Kier alpha value is -2.41. The molecular weight excluding hydrogens is 641 g/mol. The Labute approximate surface area is 254 Å². The number of aryl methyl sites for hydroxylation is 4. The summed E-state index contributed by atoms with van der Waals surface area (Å²) in [6, 6.07) is 4.10. The highest BCUT2D eigenvalue weighted by atomic mass is 127. The third-order valence-electron chi connectivity index (χ3n) is 7.43. The molecule has 9 nitrogen and oxygen atoms in total. The average molecular weight is 678 g/mol. The molecule has 4 aromatic rings. The zero-order valence-corrected chi connectivity index (χ0v) is 27.0. The molecule has 0 N–H and O–H groups in total. The van der Waals surface area contributed by atoms with E-state index in [-0.39, 0.29) is 12.3 Å². The minimum atomic E-state index is -0.122. The van der Waals surface area contributed by atoms with Crippen LogP contribution in [0.3, 0.4) is 0 Å². The van der Waals surface area contributed by atoms with Crippen LogP contribution in [-0.2, 0) is 25.4 Å². The zero-order valence-electron chi connectivity index (χ0n) is 24.0. The van der Waals surface area contributed by atoms with E-state index in [1.54, 1.807) is 10.8 Å². The molecule has 0 amide bonds. The van der Waals surface area contributed by atoms with E-state index in [0.29, 0.717) is 10.9 Å². The molecule has 1 aromatic carbocycles. The SMILES string of the molecule is C=Cc1nn(C2CCCCO2)c2c(Cl)cc(-c3c(C)nn(C)c3O[C@@H](C)CN(C)Cc3c(I)c(C)nn3C)cc12. The predicted octanol–water partition coefficient (Wildman–Crippen LogP) is 6.29. The summed E-state index contributed by atoms with van der Waals surface area (Å²) in [7, 11) is 6.01. The summed E-state index contributed by atoms with van der Waals surface area (Å²) < 4.78 is 19.5. The highest BCUT2D eigenvalue weighted by molar-refractivity contribution is 14.1.